The van der Waals surface area contributed by atoms with Gasteiger partial charge in [-0.3, -0.25) is 9.48 Å². The third-order valence-corrected chi connectivity index (χ3v) is 5.21. The quantitative estimate of drug-likeness (QED) is 0.454. The average molecular weight is 414 g/mol. The Hall–Kier alpha value is -3.67. The van der Waals surface area contributed by atoms with Gasteiger partial charge in [0, 0.05) is 30.5 Å². The fourth-order valence-corrected chi connectivity index (χ4v) is 3.69. The standard InChI is InChI=1S/C25H27N5O/c1-18-9-7-10-21(15-18)24-23(17-30(28-24)22-11-5-4-6-12-22)25(31)26-13-8-14-29-20(3)16-19(2)27-29/h4-7,9-12,15-17H,8,13-14H2,1-3H3,(H,26,31). The van der Waals surface area contributed by atoms with Gasteiger partial charge in [0.05, 0.1) is 16.9 Å². The molecule has 0 spiro atoms. The van der Waals surface area contributed by atoms with Crippen LogP contribution < -0.4 is 5.32 Å². The summed E-state index contributed by atoms with van der Waals surface area (Å²) in [5.74, 6) is -0.118. The van der Waals surface area contributed by atoms with Crippen molar-refractivity contribution in [3.8, 4) is 16.9 Å². The molecule has 31 heavy (non-hydrogen) atoms. The number of aryl methyl sites for hydroxylation is 4. The topological polar surface area (TPSA) is 64.7 Å². The Labute approximate surface area is 182 Å². The van der Waals surface area contributed by atoms with Gasteiger partial charge in [0.15, 0.2) is 0 Å². The molecule has 0 fully saturated rings. The fraction of sp³-hybridized carbons (Fsp3) is 0.240. The molecule has 6 heteroatoms. The lowest BCUT2D eigenvalue weighted by atomic mass is 10.1. The monoisotopic (exact) mass is 413 g/mol. The Morgan fingerprint density at radius 2 is 1.77 bits per heavy atom. The zero-order valence-electron chi connectivity index (χ0n) is 18.2. The first-order chi connectivity index (χ1) is 15.0. The molecule has 0 aliphatic rings. The highest BCUT2D eigenvalue weighted by molar-refractivity contribution is 6.00. The number of hydrogen-bond acceptors (Lipinski definition) is 3. The van der Waals surface area contributed by atoms with E-state index in [-0.39, 0.29) is 5.91 Å². The fourth-order valence-electron chi connectivity index (χ4n) is 3.69. The molecule has 0 bridgehead atoms. The van der Waals surface area contributed by atoms with E-state index in [1.807, 2.05) is 80.2 Å². The van der Waals surface area contributed by atoms with Crippen LogP contribution in [0.5, 0.6) is 0 Å². The molecule has 2 aromatic heterocycles. The molecule has 0 saturated carbocycles. The molecule has 1 amide bonds. The number of para-hydroxylation sites is 1. The van der Waals surface area contributed by atoms with E-state index >= 15 is 0 Å². The number of nitrogens with one attached hydrogen (secondary N) is 1. The van der Waals surface area contributed by atoms with Gasteiger partial charge in [-0.15, -0.1) is 0 Å². The van der Waals surface area contributed by atoms with Crippen LogP contribution in [0.2, 0.25) is 0 Å². The van der Waals surface area contributed by atoms with Crippen LogP contribution in [0.4, 0.5) is 0 Å². The van der Waals surface area contributed by atoms with E-state index in [0.717, 1.165) is 41.2 Å². The van der Waals surface area contributed by atoms with Gasteiger partial charge in [-0.05, 0) is 51.5 Å². The number of carbonyl (C=O) groups excluding carboxylic acids is 1. The van der Waals surface area contributed by atoms with Crippen molar-refractivity contribution in [2.75, 3.05) is 6.54 Å². The SMILES string of the molecule is Cc1cccc(-c2nn(-c3ccccc3)cc2C(=O)NCCCn2nc(C)cc2C)c1. The summed E-state index contributed by atoms with van der Waals surface area (Å²) in [6.07, 6.45) is 2.61. The number of hydrogen-bond donors (Lipinski definition) is 1. The van der Waals surface area contributed by atoms with Crippen molar-refractivity contribution in [1.29, 1.82) is 0 Å². The molecule has 2 heterocycles. The number of amides is 1. The maximum Gasteiger partial charge on any atom is 0.255 e. The highest BCUT2D eigenvalue weighted by Gasteiger charge is 2.18. The second-order valence-electron chi connectivity index (χ2n) is 7.80. The average Bonchev–Trinajstić information content (AvgIpc) is 3.35. The Kier molecular flexibility index (Phi) is 5.98. The molecule has 2 aromatic carbocycles. The second kappa shape index (κ2) is 9.00. The van der Waals surface area contributed by atoms with E-state index in [9.17, 15) is 4.79 Å². The molecule has 0 saturated heterocycles. The van der Waals surface area contributed by atoms with Gasteiger partial charge in [0.1, 0.15) is 5.69 Å². The number of rotatable bonds is 7. The lowest BCUT2D eigenvalue weighted by molar-refractivity contribution is 0.0953. The van der Waals surface area contributed by atoms with Gasteiger partial charge in [0.2, 0.25) is 0 Å². The van der Waals surface area contributed by atoms with Crippen molar-refractivity contribution in [3.63, 3.8) is 0 Å². The highest BCUT2D eigenvalue weighted by Crippen LogP contribution is 2.24. The van der Waals surface area contributed by atoms with Crippen LogP contribution in [-0.4, -0.2) is 32.0 Å². The molecular weight excluding hydrogens is 386 g/mol. The van der Waals surface area contributed by atoms with E-state index in [0.29, 0.717) is 17.8 Å². The van der Waals surface area contributed by atoms with Gasteiger partial charge < -0.3 is 5.32 Å². The van der Waals surface area contributed by atoms with Crippen molar-refractivity contribution in [3.05, 3.63) is 89.4 Å². The molecule has 0 aliphatic carbocycles. The minimum atomic E-state index is -0.118. The normalized spacial score (nSPS) is 10.9. The van der Waals surface area contributed by atoms with Crippen molar-refractivity contribution in [1.82, 2.24) is 24.9 Å². The minimum Gasteiger partial charge on any atom is -0.352 e. The van der Waals surface area contributed by atoms with E-state index in [4.69, 9.17) is 5.10 Å². The van der Waals surface area contributed by atoms with Crippen molar-refractivity contribution in [2.24, 2.45) is 0 Å². The van der Waals surface area contributed by atoms with Crippen molar-refractivity contribution < 1.29 is 4.79 Å². The summed E-state index contributed by atoms with van der Waals surface area (Å²) in [7, 11) is 0. The Morgan fingerprint density at radius 3 is 2.48 bits per heavy atom. The number of benzene rings is 2. The van der Waals surface area contributed by atoms with Gasteiger partial charge in [0.25, 0.3) is 5.91 Å². The van der Waals surface area contributed by atoms with E-state index in [2.05, 4.69) is 22.5 Å². The molecule has 0 aliphatic heterocycles. The van der Waals surface area contributed by atoms with Gasteiger partial charge in [-0.1, -0.05) is 42.0 Å². The lowest BCUT2D eigenvalue weighted by Gasteiger charge is -2.07. The number of nitrogens with zero attached hydrogens (tertiary/aromatic N) is 4. The van der Waals surface area contributed by atoms with Gasteiger partial charge in [-0.25, -0.2) is 4.68 Å². The zero-order chi connectivity index (χ0) is 21.8. The second-order valence-corrected chi connectivity index (χ2v) is 7.80. The number of aromatic nitrogens is 4. The van der Waals surface area contributed by atoms with Crippen LogP contribution in [0.1, 0.15) is 33.7 Å². The molecule has 4 rings (SSSR count). The smallest absolute Gasteiger partial charge is 0.255 e. The van der Waals surface area contributed by atoms with Crippen LogP contribution in [0.3, 0.4) is 0 Å². The lowest BCUT2D eigenvalue weighted by Crippen LogP contribution is -2.25. The summed E-state index contributed by atoms with van der Waals surface area (Å²) < 4.78 is 3.75. The van der Waals surface area contributed by atoms with Crippen LogP contribution >= 0.6 is 0 Å². The Morgan fingerprint density at radius 1 is 0.968 bits per heavy atom. The summed E-state index contributed by atoms with van der Waals surface area (Å²) in [6, 6.07) is 20.0. The van der Waals surface area contributed by atoms with E-state index < -0.39 is 0 Å². The zero-order valence-corrected chi connectivity index (χ0v) is 18.2. The van der Waals surface area contributed by atoms with Crippen LogP contribution in [-0.2, 0) is 6.54 Å². The maximum atomic E-state index is 13.1. The summed E-state index contributed by atoms with van der Waals surface area (Å²) in [4.78, 5) is 13.1. The minimum absolute atomic E-state index is 0.118. The van der Waals surface area contributed by atoms with Gasteiger partial charge in [-0.2, -0.15) is 10.2 Å². The first-order valence-corrected chi connectivity index (χ1v) is 10.5. The molecule has 1 N–H and O–H groups in total. The third-order valence-electron chi connectivity index (χ3n) is 5.21. The molecule has 6 nitrogen and oxygen atoms in total. The molecule has 4 aromatic rings. The van der Waals surface area contributed by atoms with Crippen LogP contribution in [0.25, 0.3) is 16.9 Å². The van der Waals surface area contributed by atoms with Crippen molar-refractivity contribution >= 4 is 5.91 Å². The largest absolute Gasteiger partial charge is 0.352 e. The molecule has 0 radical (unpaired) electrons. The molecule has 0 unspecified atom stereocenters. The first kappa shape index (κ1) is 20.6. The van der Waals surface area contributed by atoms with Gasteiger partial charge >= 0.3 is 0 Å². The number of carbonyl (C=O) groups is 1. The van der Waals surface area contributed by atoms with Crippen molar-refractivity contribution in [2.45, 2.75) is 33.7 Å². The van der Waals surface area contributed by atoms with Crippen LogP contribution in [0.15, 0.2) is 66.9 Å². The van der Waals surface area contributed by atoms with Crippen LogP contribution in [0, 0.1) is 20.8 Å². The highest BCUT2D eigenvalue weighted by atomic mass is 16.1. The maximum absolute atomic E-state index is 13.1. The Balaban J connectivity index is 1.53. The summed E-state index contributed by atoms with van der Waals surface area (Å²) in [6.45, 7) is 7.42. The van der Waals surface area contributed by atoms with E-state index in [1.165, 1.54) is 0 Å². The molecule has 0 atom stereocenters. The summed E-state index contributed by atoms with van der Waals surface area (Å²) >= 11 is 0. The summed E-state index contributed by atoms with van der Waals surface area (Å²) in [5, 5.41) is 12.3. The predicted octanol–water partition coefficient (Wildman–Crippen LogP) is 4.48. The molecular formula is C25H27N5O. The predicted molar refractivity (Wildman–Crippen MR) is 122 cm³/mol. The molecule has 158 valence electrons. The van der Waals surface area contributed by atoms with E-state index in [1.54, 1.807) is 4.68 Å². The Bertz CT molecular complexity index is 1190. The first-order valence-electron chi connectivity index (χ1n) is 10.5. The third kappa shape index (κ3) is 4.74. The summed E-state index contributed by atoms with van der Waals surface area (Å²) in [5.41, 5.74) is 6.38.